The van der Waals surface area contributed by atoms with Crippen LogP contribution in [0.5, 0.6) is 0 Å². The lowest BCUT2D eigenvalue weighted by atomic mass is 10.1. The third-order valence-electron chi connectivity index (χ3n) is 4.51. The van der Waals surface area contributed by atoms with Crippen LogP contribution in [0.4, 0.5) is 0 Å². The number of nitrogens with two attached hydrogens (primary N) is 1. The maximum Gasteiger partial charge on any atom is 0.237 e. The van der Waals surface area contributed by atoms with Gasteiger partial charge in [-0.3, -0.25) is 4.79 Å². The van der Waals surface area contributed by atoms with Gasteiger partial charge in [-0.1, -0.05) is 23.4 Å². The smallest absolute Gasteiger partial charge is 0.237 e. The molecule has 1 aliphatic carbocycles. The van der Waals surface area contributed by atoms with Crippen molar-refractivity contribution >= 4 is 16.8 Å². The number of hydrogen-bond donors (Lipinski definition) is 3. The van der Waals surface area contributed by atoms with E-state index in [1.54, 1.807) is 0 Å². The Labute approximate surface area is 145 Å². The zero-order valence-electron chi connectivity index (χ0n) is 13.9. The van der Waals surface area contributed by atoms with Crippen LogP contribution in [-0.2, 0) is 17.6 Å². The maximum absolute atomic E-state index is 12.2. The molecule has 1 aromatic carbocycles. The first kappa shape index (κ1) is 15.8. The van der Waals surface area contributed by atoms with Crippen LogP contribution in [0.1, 0.15) is 36.0 Å². The molecule has 7 nitrogen and oxygen atoms in total. The van der Waals surface area contributed by atoms with Crippen molar-refractivity contribution in [3.8, 4) is 0 Å². The van der Waals surface area contributed by atoms with Gasteiger partial charge >= 0.3 is 0 Å². The fraction of sp³-hybridized carbons (Fsp3) is 0.389. The van der Waals surface area contributed by atoms with Crippen molar-refractivity contribution < 1.29 is 9.32 Å². The van der Waals surface area contributed by atoms with E-state index in [4.69, 9.17) is 10.3 Å². The topological polar surface area (TPSA) is 110 Å². The molecule has 1 saturated carbocycles. The lowest BCUT2D eigenvalue weighted by molar-refractivity contribution is -0.122. The van der Waals surface area contributed by atoms with Gasteiger partial charge in [-0.2, -0.15) is 4.98 Å². The lowest BCUT2D eigenvalue weighted by Crippen LogP contribution is -2.42. The Bertz CT molecular complexity index is 880. The van der Waals surface area contributed by atoms with Crippen molar-refractivity contribution in [1.82, 2.24) is 20.4 Å². The second-order valence-corrected chi connectivity index (χ2v) is 6.53. The van der Waals surface area contributed by atoms with Gasteiger partial charge in [-0.05, 0) is 30.9 Å². The molecule has 0 aliphatic heterocycles. The molecular weight excluding hydrogens is 318 g/mol. The molecule has 4 rings (SSSR count). The summed E-state index contributed by atoms with van der Waals surface area (Å²) < 4.78 is 5.20. The number of hydrogen-bond acceptors (Lipinski definition) is 5. The van der Waals surface area contributed by atoms with E-state index in [0.717, 1.165) is 35.2 Å². The van der Waals surface area contributed by atoms with E-state index < -0.39 is 6.04 Å². The largest absolute Gasteiger partial charge is 0.361 e. The Morgan fingerprint density at radius 1 is 1.40 bits per heavy atom. The minimum absolute atomic E-state index is 0.170. The number of rotatable bonds is 7. The molecular formula is C18H21N5O2. The Balaban J connectivity index is 1.28. The van der Waals surface area contributed by atoms with Crippen molar-refractivity contribution in [2.75, 3.05) is 6.54 Å². The molecule has 0 radical (unpaired) electrons. The van der Waals surface area contributed by atoms with Crippen molar-refractivity contribution in [1.29, 1.82) is 0 Å². The number of benzene rings is 1. The first-order chi connectivity index (χ1) is 12.2. The van der Waals surface area contributed by atoms with Crippen molar-refractivity contribution in [2.24, 2.45) is 5.73 Å². The molecule has 4 N–H and O–H groups in total. The van der Waals surface area contributed by atoms with E-state index in [1.165, 1.54) is 0 Å². The SMILES string of the molecule is N[C@H](Cc1c[nH]c2ccccc12)C(=O)NCCc1noc(C2CC2)n1. The summed E-state index contributed by atoms with van der Waals surface area (Å²) >= 11 is 0. The summed E-state index contributed by atoms with van der Waals surface area (Å²) in [6.07, 6.45) is 5.20. The number of aromatic amines is 1. The number of H-pyrrole nitrogens is 1. The fourth-order valence-corrected chi connectivity index (χ4v) is 2.92. The standard InChI is InChI=1S/C18H21N5O2/c19-14(9-12-10-21-15-4-2-1-3-13(12)15)17(24)20-8-7-16-22-18(25-23-16)11-5-6-11/h1-4,10-11,14,21H,5-9,19H2,(H,20,24)/t14-/m1/s1. The molecule has 7 heteroatoms. The van der Waals surface area contributed by atoms with Crippen LogP contribution < -0.4 is 11.1 Å². The molecule has 130 valence electrons. The molecule has 1 amide bonds. The van der Waals surface area contributed by atoms with Gasteiger partial charge in [0.15, 0.2) is 5.82 Å². The highest BCUT2D eigenvalue weighted by Gasteiger charge is 2.29. The van der Waals surface area contributed by atoms with Gasteiger partial charge in [-0.25, -0.2) is 0 Å². The average Bonchev–Trinajstić information content (AvgIpc) is 3.24. The molecule has 0 spiro atoms. The Kier molecular flexibility index (Phi) is 4.23. The van der Waals surface area contributed by atoms with E-state index in [9.17, 15) is 4.79 Å². The molecule has 0 saturated heterocycles. The van der Waals surface area contributed by atoms with Crippen LogP contribution in [0.15, 0.2) is 35.0 Å². The third kappa shape index (κ3) is 3.56. The molecule has 1 aliphatic rings. The first-order valence-corrected chi connectivity index (χ1v) is 8.61. The van der Waals surface area contributed by atoms with Gasteiger partial charge in [0.05, 0.1) is 6.04 Å². The number of nitrogens with one attached hydrogen (secondary N) is 2. The van der Waals surface area contributed by atoms with E-state index in [0.29, 0.717) is 31.1 Å². The van der Waals surface area contributed by atoms with E-state index in [1.807, 2.05) is 30.5 Å². The first-order valence-electron chi connectivity index (χ1n) is 8.61. The van der Waals surface area contributed by atoms with Crippen molar-refractivity contribution in [3.05, 3.63) is 47.7 Å². The van der Waals surface area contributed by atoms with Crippen molar-refractivity contribution in [2.45, 2.75) is 37.6 Å². The van der Waals surface area contributed by atoms with E-state index >= 15 is 0 Å². The molecule has 2 heterocycles. The van der Waals surface area contributed by atoms with Gasteiger partial charge in [0.2, 0.25) is 11.8 Å². The highest BCUT2D eigenvalue weighted by Crippen LogP contribution is 2.38. The van der Waals surface area contributed by atoms with Gasteiger partial charge < -0.3 is 20.6 Å². The summed E-state index contributed by atoms with van der Waals surface area (Å²) in [5, 5.41) is 7.89. The zero-order valence-corrected chi connectivity index (χ0v) is 13.9. The average molecular weight is 339 g/mol. The minimum atomic E-state index is -0.591. The van der Waals surface area contributed by atoms with Crippen molar-refractivity contribution in [3.63, 3.8) is 0 Å². The molecule has 1 atom stereocenters. The number of para-hydroxylation sites is 1. The Morgan fingerprint density at radius 3 is 3.08 bits per heavy atom. The van der Waals surface area contributed by atoms with Gasteiger partial charge in [0.1, 0.15) is 0 Å². The van der Waals surface area contributed by atoms with Gasteiger partial charge in [0.25, 0.3) is 0 Å². The second kappa shape index (κ2) is 6.68. The number of carbonyl (C=O) groups excluding carboxylic acids is 1. The molecule has 25 heavy (non-hydrogen) atoms. The molecule has 1 fully saturated rings. The molecule has 2 aromatic heterocycles. The number of nitrogens with zero attached hydrogens (tertiary/aromatic N) is 2. The quantitative estimate of drug-likeness (QED) is 0.606. The number of amides is 1. The zero-order chi connectivity index (χ0) is 17.2. The molecule has 0 bridgehead atoms. The van der Waals surface area contributed by atoms with E-state index in [2.05, 4.69) is 20.4 Å². The fourth-order valence-electron chi connectivity index (χ4n) is 2.92. The predicted molar refractivity (Wildman–Crippen MR) is 93.0 cm³/mol. The van der Waals surface area contributed by atoms with Crippen LogP contribution in [0, 0.1) is 0 Å². The van der Waals surface area contributed by atoms with Gasteiger partial charge in [0, 0.05) is 36.0 Å². The second-order valence-electron chi connectivity index (χ2n) is 6.53. The summed E-state index contributed by atoms with van der Waals surface area (Å²) in [6, 6.07) is 7.39. The number of carbonyl (C=O) groups is 1. The van der Waals surface area contributed by atoms with Crippen LogP contribution in [0.3, 0.4) is 0 Å². The van der Waals surface area contributed by atoms with Crippen LogP contribution in [0.25, 0.3) is 10.9 Å². The lowest BCUT2D eigenvalue weighted by Gasteiger charge is -2.11. The summed E-state index contributed by atoms with van der Waals surface area (Å²) in [6.45, 7) is 0.448. The predicted octanol–water partition coefficient (Wildman–Crippen LogP) is 1.66. The number of fused-ring (bicyclic) bond motifs is 1. The molecule has 3 aromatic rings. The molecule has 0 unspecified atom stereocenters. The van der Waals surface area contributed by atoms with E-state index in [-0.39, 0.29) is 5.91 Å². The van der Waals surface area contributed by atoms with Crippen LogP contribution >= 0.6 is 0 Å². The van der Waals surface area contributed by atoms with Crippen LogP contribution in [0.2, 0.25) is 0 Å². The highest BCUT2D eigenvalue weighted by atomic mass is 16.5. The minimum Gasteiger partial charge on any atom is -0.361 e. The van der Waals surface area contributed by atoms with Gasteiger partial charge in [-0.15, -0.1) is 0 Å². The van der Waals surface area contributed by atoms with Crippen LogP contribution in [-0.4, -0.2) is 33.6 Å². The summed E-state index contributed by atoms with van der Waals surface area (Å²) in [7, 11) is 0. The summed E-state index contributed by atoms with van der Waals surface area (Å²) in [5.41, 5.74) is 8.15. The Morgan fingerprint density at radius 2 is 2.24 bits per heavy atom. The summed E-state index contributed by atoms with van der Waals surface area (Å²) in [4.78, 5) is 19.8. The number of aromatic nitrogens is 3. The normalized spacial score (nSPS) is 15.4. The summed E-state index contributed by atoms with van der Waals surface area (Å²) in [5.74, 6) is 1.63. The highest BCUT2D eigenvalue weighted by molar-refractivity contribution is 5.86. The third-order valence-corrected chi connectivity index (χ3v) is 4.51. The monoisotopic (exact) mass is 339 g/mol. The maximum atomic E-state index is 12.2. The Hall–Kier alpha value is -2.67.